The van der Waals surface area contributed by atoms with Crippen LogP contribution >= 0.6 is 0 Å². The lowest BCUT2D eigenvalue weighted by molar-refractivity contribution is 0.359. The van der Waals surface area contributed by atoms with E-state index < -0.39 is 0 Å². The normalized spacial score (nSPS) is 24.9. The van der Waals surface area contributed by atoms with E-state index in [1.165, 1.54) is 56.0 Å². The summed E-state index contributed by atoms with van der Waals surface area (Å²) in [5, 5.41) is 4.80. The second-order valence-corrected chi connectivity index (χ2v) is 8.55. The van der Waals surface area contributed by atoms with Crippen LogP contribution in [0, 0.1) is 0 Å². The maximum Gasteiger partial charge on any atom is 0.147 e. The van der Waals surface area contributed by atoms with Crippen molar-refractivity contribution in [1.82, 2.24) is 19.9 Å². The summed E-state index contributed by atoms with van der Waals surface area (Å²) >= 11 is 0. The second-order valence-electron chi connectivity index (χ2n) is 8.55. The fourth-order valence-corrected chi connectivity index (χ4v) is 5.26. The molecule has 0 bridgehead atoms. The number of hydrogen-bond donors (Lipinski definition) is 1. The predicted molar refractivity (Wildman–Crippen MR) is 111 cm³/mol. The number of fused-ring (bicyclic) bond motifs is 1. The molecule has 2 aliphatic heterocycles. The third kappa shape index (κ3) is 3.08. The molecule has 146 valence electrons. The molecule has 1 aliphatic carbocycles. The molecular formula is C21H32N6. The average molecular weight is 369 g/mol. The second kappa shape index (κ2) is 7.30. The summed E-state index contributed by atoms with van der Waals surface area (Å²) in [4.78, 5) is 14.7. The molecule has 0 spiro atoms. The molecule has 1 N–H and O–H groups in total. The number of hydrogen-bond acceptors (Lipinski definition) is 5. The van der Waals surface area contributed by atoms with E-state index in [0.717, 1.165) is 44.2 Å². The molecule has 1 atom stereocenters. The Balaban J connectivity index is 1.65. The zero-order chi connectivity index (χ0) is 18.2. The number of nitrogens with zero attached hydrogens (tertiary/aromatic N) is 5. The van der Waals surface area contributed by atoms with E-state index in [2.05, 4.69) is 32.8 Å². The van der Waals surface area contributed by atoms with Gasteiger partial charge in [-0.15, -0.1) is 0 Å². The molecule has 2 saturated heterocycles. The Morgan fingerprint density at radius 2 is 1.81 bits per heavy atom. The van der Waals surface area contributed by atoms with Crippen LogP contribution in [0.2, 0.25) is 0 Å². The van der Waals surface area contributed by atoms with Gasteiger partial charge in [0.25, 0.3) is 0 Å². The van der Waals surface area contributed by atoms with E-state index in [4.69, 9.17) is 9.97 Å². The fraction of sp³-hybridized carbons (Fsp3) is 0.714. The Kier molecular flexibility index (Phi) is 4.68. The lowest BCUT2D eigenvalue weighted by Crippen LogP contribution is -2.50. The third-order valence-electron chi connectivity index (χ3n) is 6.76. The average Bonchev–Trinajstić information content (AvgIpc) is 3.37. The van der Waals surface area contributed by atoms with Crippen molar-refractivity contribution >= 4 is 22.5 Å². The van der Waals surface area contributed by atoms with Crippen LogP contribution in [-0.4, -0.2) is 53.3 Å². The molecule has 3 fully saturated rings. The maximum atomic E-state index is 4.82. The van der Waals surface area contributed by atoms with E-state index in [9.17, 15) is 0 Å². The Morgan fingerprint density at radius 1 is 1.00 bits per heavy atom. The third-order valence-corrected chi connectivity index (χ3v) is 6.76. The molecule has 6 nitrogen and oxygen atoms in total. The summed E-state index contributed by atoms with van der Waals surface area (Å²) in [6, 6.07) is 1.06. The quantitative estimate of drug-likeness (QED) is 0.900. The van der Waals surface area contributed by atoms with Crippen molar-refractivity contribution in [2.75, 3.05) is 42.5 Å². The Bertz CT molecular complexity index is 787. The van der Waals surface area contributed by atoms with Crippen molar-refractivity contribution in [3.63, 3.8) is 0 Å². The summed E-state index contributed by atoms with van der Waals surface area (Å²) < 4.78 is 2.50. The standard InChI is InChI=1S/C21H32N6/c1-16-13-22-9-12-26(16)20-19-18(25-10-5-6-11-25)14-27(21(19)24-15-23-20)17-7-3-2-4-8-17/h14-17,22H,2-13H2,1H3/t16-/m0/s1. The van der Waals surface area contributed by atoms with Crippen LogP contribution in [0.5, 0.6) is 0 Å². The highest BCUT2D eigenvalue weighted by Gasteiger charge is 2.29. The zero-order valence-corrected chi connectivity index (χ0v) is 16.5. The number of nitrogens with one attached hydrogen (secondary N) is 1. The van der Waals surface area contributed by atoms with Gasteiger partial charge < -0.3 is 19.7 Å². The molecular weight excluding hydrogens is 336 g/mol. The van der Waals surface area contributed by atoms with E-state index in [-0.39, 0.29) is 0 Å². The van der Waals surface area contributed by atoms with E-state index in [0.29, 0.717) is 12.1 Å². The Labute approximate surface area is 161 Å². The maximum absolute atomic E-state index is 4.82. The SMILES string of the molecule is C[C@H]1CNCCN1c1ncnc2c1c(N1CCCC1)cn2C1CCCCC1. The van der Waals surface area contributed by atoms with Crippen LogP contribution in [-0.2, 0) is 0 Å². The van der Waals surface area contributed by atoms with Crippen molar-refractivity contribution in [3.8, 4) is 0 Å². The Morgan fingerprint density at radius 3 is 2.59 bits per heavy atom. The molecule has 2 aromatic heterocycles. The number of anilines is 2. The van der Waals surface area contributed by atoms with Gasteiger partial charge in [0.2, 0.25) is 0 Å². The summed E-state index contributed by atoms with van der Waals surface area (Å²) in [6.45, 7) is 7.69. The molecule has 0 amide bonds. The smallest absolute Gasteiger partial charge is 0.147 e. The fourth-order valence-electron chi connectivity index (χ4n) is 5.26. The van der Waals surface area contributed by atoms with Gasteiger partial charge in [-0.05, 0) is 32.6 Å². The topological polar surface area (TPSA) is 49.2 Å². The highest BCUT2D eigenvalue weighted by molar-refractivity contribution is 6.00. The van der Waals surface area contributed by atoms with Crippen LogP contribution in [0.4, 0.5) is 11.5 Å². The molecule has 0 radical (unpaired) electrons. The van der Waals surface area contributed by atoms with Gasteiger partial charge in [-0.1, -0.05) is 19.3 Å². The van der Waals surface area contributed by atoms with Gasteiger partial charge in [0.1, 0.15) is 17.8 Å². The minimum Gasteiger partial charge on any atom is -0.370 e. The summed E-state index contributed by atoms with van der Waals surface area (Å²) in [7, 11) is 0. The molecule has 27 heavy (non-hydrogen) atoms. The van der Waals surface area contributed by atoms with Gasteiger partial charge in [-0.3, -0.25) is 0 Å². The van der Waals surface area contributed by atoms with Crippen LogP contribution in [0.15, 0.2) is 12.5 Å². The highest BCUT2D eigenvalue weighted by Crippen LogP contribution is 2.40. The number of rotatable bonds is 3. The minimum absolute atomic E-state index is 0.460. The van der Waals surface area contributed by atoms with Gasteiger partial charge >= 0.3 is 0 Å². The largest absolute Gasteiger partial charge is 0.370 e. The first kappa shape index (κ1) is 17.3. The van der Waals surface area contributed by atoms with Crippen LogP contribution in [0.3, 0.4) is 0 Å². The number of aromatic nitrogens is 3. The molecule has 5 rings (SSSR count). The van der Waals surface area contributed by atoms with Gasteiger partial charge in [-0.25, -0.2) is 9.97 Å². The molecule has 0 aromatic carbocycles. The molecule has 0 unspecified atom stereocenters. The molecule has 4 heterocycles. The number of piperazine rings is 1. The van der Waals surface area contributed by atoms with Crippen molar-refractivity contribution in [2.24, 2.45) is 0 Å². The van der Waals surface area contributed by atoms with Gasteiger partial charge in [-0.2, -0.15) is 0 Å². The van der Waals surface area contributed by atoms with Gasteiger partial charge in [0.15, 0.2) is 0 Å². The van der Waals surface area contributed by atoms with Crippen molar-refractivity contribution in [3.05, 3.63) is 12.5 Å². The first-order valence-electron chi connectivity index (χ1n) is 10.9. The predicted octanol–water partition coefficient (Wildman–Crippen LogP) is 3.33. The first-order valence-corrected chi connectivity index (χ1v) is 10.9. The first-order chi connectivity index (χ1) is 13.3. The summed E-state index contributed by atoms with van der Waals surface area (Å²) in [6.07, 6.45) is 13.4. The summed E-state index contributed by atoms with van der Waals surface area (Å²) in [5.74, 6) is 1.14. The van der Waals surface area contributed by atoms with E-state index in [1.54, 1.807) is 6.33 Å². The van der Waals surface area contributed by atoms with Crippen LogP contribution < -0.4 is 15.1 Å². The lowest BCUT2D eigenvalue weighted by Gasteiger charge is -2.35. The molecule has 3 aliphatic rings. The molecule has 2 aromatic rings. The van der Waals surface area contributed by atoms with Gasteiger partial charge in [0.05, 0.1) is 11.1 Å². The van der Waals surface area contributed by atoms with Crippen LogP contribution in [0.1, 0.15) is 57.9 Å². The Hall–Kier alpha value is -1.82. The molecule has 1 saturated carbocycles. The van der Waals surface area contributed by atoms with Crippen LogP contribution in [0.25, 0.3) is 11.0 Å². The van der Waals surface area contributed by atoms with Crippen molar-refractivity contribution < 1.29 is 0 Å². The summed E-state index contributed by atoms with van der Waals surface area (Å²) in [5.41, 5.74) is 2.52. The zero-order valence-electron chi connectivity index (χ0n) is 16.5. The minimum atomic E-state index is 0.460. The lowest BCUT2D eigenvalue weighted by atomic mass is 9.95. The monoisotopic (exact) mass is 368 g/mol. The highest BCUT2D eigenvalue weighted by atomic mass is 15.3. The molecule has 6 heteroatoms. The van der Waals surface area contributed by atoms with Crippen molar-refractivity contribution in [2.45, 2.75) is 64.0 Å². The van der Waals surface area contributed by atoms with E-state index in [1.807, 2.05) is 0 Å². The van der Waals surface area contributed by atoms with Crippen molar-refractivity contribution in [1.29, 1.82) is 0 Å². The van der Waals surface area contributed by atoms with Gasteiger partial charge in [0, 0.05) is 51.0 Å². The van der Waals surface area contributed by atoms with E-state index >= 15 is 0 Å².